The van der Waals surface area contributed by atoms with Crippen LogP contribution < -0.4 is 10.6 Å². The zero-order chi connectivity index (χ0) is 16.2. The highest BCUT2D eigenvalue weighted by molar-refractivity contribution is 5.91. The Morgan fingerprint density at radius 3 is 2.83 bits per heavy atom. The van der Waals surface area contributed by atoms with E-state index in [-0.39, 0.29) is 17.3 Å². The van der Waals surface area contributed by atoms with Gasteiger partial charge in [-0.1, -0.05) is 6.42 Å². The van der Waals surface area contributed by atoms with E-state index < -0.39 is 11.6 Å². The average molecular weight is 319 g/mol. The third-order valence-electron chi connectivity index (χ3n) is 4.21. The van der Waals surface area contributed by atoms with E-state index in [1.807, 2.05) is 0 Å². The van der Waals surface area contributed by atoms with Crippen LogP contribution in [0.25, 0.3) is 10.9 Å². The molecule has 0 unspecified atom stereocenters. The van der Waals surface area contributed by atoms with Crippen LogP contribution in [0, 0.1) is 17.6 Å². The zero-order valence-electron chi connectivity index (χ0n) is 12.7. The first-order valence-corrected chi connectivity index (χ1v) is 7.90. The van der Waals surface area contributed by atoms with Crippen molar-refractivity contribution < 1.29 is 13.6 Å². The minimum Gasteiger partial charge on any atom is -0.384 e. The van der Waals surface area contributed by atoms with Crippen LogP contribution in [0.3, 0.4) is 0 Å². The molecule has 23 heavy (non-hydrogen) atoms. The van der Waals surface area contributed by atoms with E-state index in [2.05, 4.69) is 15.6 Å². The van der Waals surface area contributed by atoms with Gasteiger partial charge < -0.3 is 10.6 Å². The number of hydrogen-bond donors (Lipinski definition) is 2. The molecule has 1 aromatic heterocycles. The highest BCUT2D eigenvalue weighted by atomic mass is 19.1. The Labute approximate surface area is 133 Å². The molecule has 0 radical (unpaired) electrons. The zero-order valence-corrected chi connectivity index (χ0v) is 12.7. The molecule has 1 aliphatic rings. The third-order valence-corrected chi connectivity index (χ3v) is 4.21. The summed E-state index contributed by atoms with van der Waals surface area (Å²) in [6.07, 6.45) is 5.35. The molecule has 1 aliphatic carbocycles. The predicted octanol–water partition coefficient (Wildman–Crippen LogP) is 3.23. The van der Waals surface area contributed by atoms with E-state index in [0.29, 0.717) is 24.2 Å². The lowest BCUT2D eigenvalue weighted by atomic mass is 9.85. The van der Waals surface area contributed by atoms with Crippen LogP contribution in [0.1, 0.15) is 25.7 Å². The molecule has 6 heteroatoms. The second kappa shape index (κ2) is 6.89. The molecule has 0 spiro atoms. The molecular weight excluding hydrogens is 300 g/mol. The summed E-state index contributed by atoms with van der Waals surface area (Å²) in [6.45, 7) is 1.19. The van der Waals surface area contributed by atoms with Crippen molar-refractivity contribution in [3.8, 4) is 0 Å². The molecule has 0 saturated heterocycles. The first-order chi connectivity index (χ1) is 11.1. The standard InChI is InChI=1S/C17H19F2N3O/c18-12-9-13-15(5-8-21-16(13)14(19)10-12)20-6-2-7-22-17(23)11-3-1-4-11/h5,8-11H,1-4,6-7H2,(H,20,21)(H,22,23). The van der Waals surface area contributed by atoms with Crippen LogP contribution in [0.2, 0.25) is 0 Å². The van der Waals surface area contributed by atoms with Gasteiger partial charge in [-0.3, -0.25) is 9.78 Å². The van der Waals surface area contributed by atoms with Crippen LogP contribution in [0.15, 0.2) is 24.4 Å². The number of halogens is 2. The van der Waals surface area contributed by atoms with Gasteiger partial charge in [-0.2, -0.15) is 0 Å². The summed E-state index contributed by atoms with van der Waals surface area (Å²) in [5, 5.41) is 6.48. The number of amides is 1. The summed E-state index contributed by atoms with van der Waals surface area (Å²) >= 11 is 0. The second-order valence-corrected chi connectivity index (χ2v) is 5.84. The number of carbonyl (C=O) groups is 1. The predicted molar refractivity (Wildman–Crippen MR) is 85.1 cm³/mol. The lowest BCUT2D eigenvalue weighted by molar-refractivity contribution is -0.127. The fraction of sp³-hybridized carbons (Fsp3) is 0.412. The summed E-state index contributed by atoms with van der Waals surface area (Å²) in [7, 11) is 0. The third kappa shape index (κ3) is 3.57. The molecule has 0 atom stereocenters. The van der Waals surface area contributed by atoms with Gasteiger partial charge in [0.2, 0.25) is 5.91 Å². The maximum Gasteiger partial charge on any atom is 0.223 e. The lowest BCUT2D eigenvalue weighted by Gasteiger charge is -2.24. The van der Waals surface area contributed by atoms with Crippen molar-refractivity contribution in [2.24, 2.45) is 5.92 Å². The Hall–Kier alpha value is -2.24. The van der Waals surface area contributed by atoms with Crippen LogP contribution >= 0.6 is 0 Å². The Balaban J connectivity index is 1.54. The van der Waals surface area contributed by atoms with E-state index in [0.717, 1.165) is 31.7 Å². The summed E-state index contributed by atoms with van der Waals surface area (Å²) in [4.78, 5) is 15.6. The van der Waals surface area contributed by atoms with Gasteiger partial charge in [0.15, 0.2) is 5.82 Å². The largest absolute Gasteiger partial charge is 0.384 e. The highest BCUT2D eigenvalue weighted by Crippen LogP contribution is 2.26. The highest BCUT2D eigenvalue weighted by Gasteiger charge is 2.24. The fourth-order valence-electron chi connectivity index (χ4n) is 2.67. The normalized spacial score (nSPS) is 14.5. The number of anilines is 1. The summed E-state index contributed by atoms with van der Waals surface area (Å²) in [5.41, 5.74) is 0.786. The van der Waals surface area contributed by atoms with E-state index in [1.165, 1.54) is 12.3 Å². The van der Waals surface area contributed by atoms with Crippen molar-refractivity contribution in [2.45, 2.75) is 25.7 Å². The number of rotatable bonds is 6. The Morgan fingerprint density at radius 1 is 1.26 bits per heavy atom. The summed E-state index contributed by atoms with van der Waals surface area (Å²) in [6, 6.07) is 3.79. The number of aromatic nitrogens is 1. The van der Waals surface area contributed by atoms with Gasteiger partial charge in [0.25, 0.3) is 0 Å². The number of nitrogens with zero attached hydrogens (tertiary/aromatic N) is 1. The van der Waals surface area contributed by atoms with Gasteiger partial charge in [0.1, 0.15) is 11.3 Å². The van der Waals surface area contributed by atoms with Crippen molar-refractivity contribution in [3.63, 3.8) is 0 Å². The number of carbonyl (C=O) groups excluding carboxylic acids is 1. The average Bonchev–Trinajstić information content (AvgIpc) is 2.45. The Morgan fingerprint density at radius 2 is 2.09 bits per heavy atom. The molecule has 2 aromatic rings. The molecule has 1 aromatic carbocycles. The van der Waals surface area contributed by atoms with Gasteiger partial charge in [-0.05, 0) is 31.4 Å². The number of benzene rings is 1. The minimum absolute atomic E-state index is 0.134. The number of hydrogen-bond acceptors (Lipinski definition) is 3. The SMILES string of the molecule is O=C(NCCCNc1ccnc2c(F)cc(F)cc12)C1CCC1. The van der Waals surface area contributed by atoms with Crippen molar-refractivity contribution in [3.05, 3.63) is 36.0 Å². The maximum absolute atomic E-state index is 13.7. The van der Waals surface area contributed by atoms with Crippen LogP contribution in [-0.4, -0.2) is 24.0 Å². The van der Waals surface area contributed by atoms with Crippen molar-refractivity contribution in [2.75, 3.05) is 18.4 Å². The number of pyridine rings is 1. The first-order valence-electron chi connectivity index (χ1n) is 7.90. The first kappa shape index (κ1) is 15.6. The Bertz CT molecular complexity index is 716. The van der Waals surface area contributed by atoms with Crippen molar-refractivity contribution in [1.82, 2.24) is 10.3 Å². The Kier molecular flexibility index (Phi) is 4.69. The van der Waals surface area contributed by atoms with Gasteiger partial charge in [0.05, 0.1) is 0 Å². The molecule has 1 saturated carbocycles. The molecule has 1 amide bonds. The molecule has 0 bridgehead atoms. The second-order valence-electron chi connectivity index (χ2n) is 5.84. The molecule has 3 rings (SSSR count). The van der Waals surface area contributed by atoms with E-state index in [1.54, 1.807) is 6.07 Å². The molecule has 1 fully saturated rings. The monoisotopic (exact) mass is 319 g/mol. The van der Waals surface area contributed by atoms with Gasteiger partial charge in [0, 0.05) is 42.3 Å². The maximum atomic E-state index is 13.7. The number of fused-ring (bicyclic) bond motifs is 1. The van der Waals surface area contributed by atoms with E-state index in [9.17, 15) is 13.6 Å². The van der Waals surface area contributed by atoms with Crippen LogP contribution in [0.4, 0.5) is 14.5 Å². The molecule has 4 nitrogen and oxygen atoms in total. The van der Waals surface area contributed by atoms with Crippen molar-refractivity contribution >= 4 is 22.5 Å². The lowest BCUT2D eigenvalue weighted by Crippen LogP contribution is -2.35. The molecule has 2 N–H and O–H groups in total. The molecule has 1 heterocycles. The smallest absolute Gasteiger partial charge is 0.223 e. The van der Waals surface area contributed by atoms with Crippen LogP contribution in [-0.2, 0) is 4.79 Å². The van der Waals surface area contributed by atoms with Crippen molar-refractivity contribution in [1.29, 1.82) is 0 Å². The molecular formula is C17H19F2N3O. The molecule has 0 aliphatic heterocycles. The van der Waals surface area contributed by atoms with Gasteiger partial charge in [-0.25, -0.2) is 8.78 Å². The van der Waals surface area contributed by atoms with Gasteiger partial charge >= 0.3 is 0 Å². The summed E-state index contributed by atoms with van der Waals surface area (Å²) in [5.74, 6) is -0.969. The molecule has 122 valence electrons. The quantitative estimate of drug-likeness (QED) is 0.804. The minimum atomic E-state index is -0.670. The van der Waals surface area contributed by atoms with E-state index in [4.69, 9.17) is 0 Å². The van der Waals surface area contributed by atoms with Gasteiger partial charge in [-0.15, -0.1) is 0 Å². The fourth-order valence-corrected chi connectivity index (χ4v) is 2.67. The van der Waals surface area contributed by atoms with E-state index >= 15 is 0 Å². The summed E-state index contributed by atoms with van der Waals surface area (Å²) < 4.78 is 27.1. The van der Waals surface area contributed by atoms with Crippen LogP contribution in [0.5, 0.6) is 0 Å². The number of nitrogens with one attached hydrogen (secondary N) is 2. The topological polar surface area (TPSA) is 54.0 Å².